The van der Waals surface area contributed by atoms with Crippen molar-refractivity contribution < 1.29 is 9.00 Å². The standard InChI is InChI=1S/C11H16N4O2S/c12-15-10-7-13-4-1-9(10)11(16)14-8-2-5-18(17)6-3-8/h1,4,7-8,15H,2-3,5-6,12H2,(H,14,16). The zero-order chi connectivity index (χ0) is 13.0. The topological polar surface area (TPSA) is 97.1 Å². The van der Waals surface area contributed by atoms with Crippen molar-refractivity contribution in [3.63, 3.8) is 0 Å². The Morgan fingerprint density at radius 3 is 2.83 bits per heavy atom. The molecule has 1 aliphatic rings. The molecule has 0 bridgehead atoms. The summed E-state index contributed by atoms with van der Waals surface area (Å²) in [5, 5.41) is 2.93. The van der Waals surface area contributed by atoms with E-state index >= 15 is 0 Å². The second-order valence-corrected chi connectivity index (χ2v) is 5.86. The highest BCUT2D eigenvalue weighted by Gasteiger charge is 2.21. The summed E-state index contributed by atoms with van der Waals surface area (Å²) in [5.41, 5.74) is 3.42. The normalized spacial score (nSPS) is 23.4. The van der Waals surface area contributed by atoms with Crippen molar-refractivity contribution in [1.82, 2.24) is 10.3 Å². The number of nitrogens with zero attached hydrogens (tertiary/aromatic N) is 1. The van der Waals surface area contributed by atoms with Gasteiger partial charge >= 0.3 is 0 Å². The number of rotatable bonds is 3. The third-order valence-electron chi connectivity index (χ3n) is 2.94. The van der Waals surface area contributed by atoms with E-state index in [2.05, 4.69) is 15.7 Å². The van der Waals surface area contributed by atoms with Gasteiger partial charge in [-0.3, -0.25) is 19.8 Å². The van der Waals surface area contributed by atoms with Gasteiger partial charge in [-0.15, -0.1) is 0 Å². The van der Waals surface area contributed by atoms with Crippen LogP contribution in [0, 0.1) is 0 Å². The maximum atomic E-state index is 12.1. The Hall–Kier alpha value is -1.47. The van der Waals surface area contributed by atoms with Gasteiger partial charge in [0.1, 0.15) is 0 Å². The third kappa shape index (κ3) is 3.05. The van der Waals surface area contributed by atoms with Crippen LogP contribution in [0.1, 0.15) is 23.2 Å². The summed E-state index contributed by atoms with van der Waals surface area (Å²) in [6, 6.07) is 1.71. The molecule has 1 fully saturated rings. The number of anilines is 1. The van der Waals surface area contributed by atoms with E-state index in [0.717, 1.165) is 12.8 Å². The molecule has 1 amide bonds. The average Bonchev–Trinajstić information content (AvgIpc) is 2.41. The first-order valence-electron chi connectivity index (χ1n) is 5.77. The Morgan fingerprint density at radius 2 is 2.17 bits per heavy atom. The molecule has 1 aliphatic heterocycles. The number of nitrogen functional groups attached to an aromatic ring is 1. The first-order chi connectivity index (χ1) is 8.70. The average molecular weight is 268 g/mol. The molecule has 0 spiro atoms. The lowest BCUT2D eigenvalue weighted by Crippen LogP contribution is -2.39. The molecule has 0 aliphatic carbocycles. The predicted octanol–water partition coefficient (Wildman–Crippen LogP) is 0.00810. The highest BCUT2D eigenvalue weighted by atomic mass is 32.2. The Morgan fingerprint density at radius 1 is 1.44 bits per heavy atom. The maximum Gasteiger partial charge on any atom is 0.253 e. The van der Waals surface area contributed by atoms with E-state index in [1.807, 2.05) is 0 Å². The van der Waals surface area contributed by atoms with Crippen molar-refractivity contribution in [2.45, 2.75) is 18.9 Å². The van der Waals surface area contributed by atoms with Crippen LogP contribution in [-0.4, -0.2) is 32.6 Å². The van der Waals surface area contributed by atoms with Crippen molar-refractivity contribution in [2.75, 3.05) is 16.9 Å². The fourth-order valence-corrected chi connectivity index (χ4v) is 3.21. The number of amides is 1. The minimum atomic E-state index is -0.720. The van der Waals surface area contributed by atoms with Crippen LogP contribution in [0.2, 0.25) is 0 Å². The number of hydrogen-bond acceptors (Lipinski definition) is 5. The molecule has 18 heavy (non-hydrogen) atoms. The van der Waals surface area contributed by atoms with Gasteiger partial charge in [-0.1, -0.05) is 0 Å². The first-order valence-corrected chi connectivity index (χ1v) is 7.26. The number of hydrazine groups is 1. The van der Waals surface area contributed by atoms with Gasteiger partial charge in [0.2, 0.25) is 0 Å². The van der Waals surface area contributed by atoms with E-state index < -0.39 is 10.8 Å². The van der Waals surface area contributed by atoms with Crippen molar-refractivity contribution >= 4 is 22.4 Å². The molecule has 0 unspecified atom stereocenters. The molecule has 2 rings (SSSR count). The molecule has 0 aromatic carbocycles. The Bertz CT molecular complexity index is 456. The number of carbonyl (C=O) groups excluding carboxylic acids is 1. The van der Waals surface area contributed by atoms with Crippen LogP contribution in [0.3, 0.4) is 0 Å². The molecule has 1 aromatic heterocycles. The molecule has 0 radical (unpaired) electrons. The summed E-state index contributed by atoms with van der Waals surface area (Å²) in [7, 11) is -0.720. The van der Waals surface area contributed by atoms with Crippen molar-refractivity contribution in [2.24, 2.45) is 5.84 Å². The van der Waals surface area contributed by atoms with Crippen molar-refractivity contribution in [3.05, 3.63) is 24.0 Å². The smallest absolute Gasteiger partial charge is 0.253 e. The quantitative estimate of drug-likeness (QED) is 0.530. The monoisotopic (exact) mass is 268 g/mol. The Labute approximate surface area is 108 Å². The minimum Gasteiger partial charge on any atom is -0.349 e. The largest absolute Gasteiger partial charge is 0.349 e. The van der Waals surface area contributed by atoms with Gasteiger partial charge in [0, 0.05) is 34.5 Å². The van der Waals surface area contributed by atoms with Crippen LogP contribution in [0.5, 0.6) is 0 Å². The lowest BCUT2D eigenvalue weighted by molar-refractivity contribution is 0.0935. The summed E-state index contributed by atoms with van der Waals surface area (Å²) in [5.74, 6) is 6.46. The van der Waals surface area contributed by atoms with Gasteiger partial charge in [-0.05, 0) is 18.9 Å². The van der Waals surface area contributed by atoms with E-state index in [1.54, 1.807) is 12.3 Å². The molecule has 1 aromatic rings. The molecular formula is C11H16N4O2S. The first kappa shape index (κ1) is 13.0. The molecular weight excluding hydrogens is 252 g/mol. The zero-order valence-electron chi connectivity index (χ0n) is 9.89. The fraction of sp³-hybridized carbons (Fsp3) is 0.455. The van der Waals surface area contributed by atoms with Gasteiger partial charge in [0.15, 0.2) is 0 Å². The van der Waals surface area contributed by atoms with E-state index in [4.69, 9.17) is 5.84 Å². The van der Waals surface area contributed by atoms with Gasteiger partial charge in [0.25, 0.3) is 5.91 Å². The second-order valence-electron chi connectivity index (χ2n) is 4.16. The number of hydrogen-bond donors (Lipinski definition) is 3. The number of aromatic nitrogens is 1. The molecule has 0 atom stereocenters. The molecule has 98 valence electrons. The van der Waals surface area contributed by atoms with E-state index in [1.165, 1.54) is 6.20 Å². The summed E-state index contributed by atoms with van der Waals surface area (Å²) < 4.78 is 11.2. The number of carbonyl (C=O) groups is 1. The Kier molecular flexibility index (Phi) is 4.27. The molecule has 2 heterocycles. The molecule has 6 nitrogen and oxygen atoms in total. The van der Waals surface area contributed by atoms with Crippen LogP contribution in [0.25, 0.3) is 0 Å². The van der Waals surface area contributed by atoms with Crippen molar-refractivity contribution in [3.8, 4) is 0 Å². The molecule has 4 N–H and O–H groups in total. The van der Waals surface area contributed by atoms with Crippen LogP contribution in [0.4, 0.5) is 5.69 Å². The molecule has 1 saturated heterocycles. The number of pyridine rings is 1. The van der Waals surface area contributed by atoms with Crippen molar-refractivity contribution in [1.29, 1.82) is 0 Å². The van der Waals surface area contributed by atoms with Crippen LogP contribution in [-0.2, 0) is 10.8 Å². The van der Waals surface area contributed by atoms with Crippen LogP contribution >= 0.6 is 0 Å². The number of nitrogens with one attached hydrogen (secondary N) is 2. The van der Waals surface area contributed by atoms with Crippen LogP contribution < -0.4 is 16.6 Å². The van der Waals surface area contributed by atoms with E-state index in [9.17, 15) is 9.00 Å². The summed E-state index contributed by atoms with van der Waals surface area (Å²) in [4.78, 5) is 16.0. The third-order valence-corrected chi connectivity index (χ3v) is 4.33. The zero-order valence-corrected chi connectivity index (χ0v) is 10.7. The Balaban J connectivity index is 2.01. The van der Waals surface area contributed by atoms with Gasteiger partial charge in [0.05, 0.1) is 17.4 Å². The SMILES string of the molecule is NNc1cnccc1C(=O)NC1CCS(=O)CC1. The van der Waals surface area contributed by atoms with E-state index in [0.29, 0.717) is 22.8 Å². The van der Waals surface area contributed by atoms with E-state index in [-0.39, 0.29) is 11.9 Å². The highest BCUT2D eigenvalue weighted by molar-refractivity contribution is 7.85. The number of nitrogens with two attached hydrogens (primary N) is 1. The summed E-state index contributed by atoms with van der Waals surface area (Å²) >= 11 is 0. The van der Waals surface area contributed by atoms with Gasteiger partial charge in [-0.2, -0.15) is 0 Å². The predicted molar refractivity (Wildman–Crippen MR) is 70.4 cm³/mol. The summed E-state index contributed by atoms with van der Waals surface area (Å²) in [6.07, 6.45) is 4.57. The second kappa shape index (κ2) is 5.92. The molecule has 0 saturated carbocycles. The van der Waals surface area contributed by atoms with Gasteiger partial charge < -0.3 is 10.7 Å². The van der Waals surface area contributed by atoms with Gasteiger partial charge in [-0.25, -0.2) is 0 Å². The molecule has 7 heteroatoms. The highest BCUT2D eigenvalue weighted by Crippen LogP contribution is 2.14. The maximum absolute atomic E-state index is 12.1. The minimum absolute atomic E-state index is 0.0917. The van der Waals surface area contributed by atoms with Crippen LogP contribution in [0.15, 0.2) is 18.5 Å². The fourth-order valence-electron chi connectivity index (χ4n) is 1.91. The lowest BCUT2D eigenvalue weighted by Gasteiger charge is -2.22. The summed E-state index contributed by atoms with van der Waals surface area (Å²) in [6.45, 7) is 0. The lowest BCUT2D eigenvalue weighted by atomic mass is 10.1.